The molecule has 0 bridgehead atoms. The predicted octanol–water partition coefficient (Wildman–Crippen LogP) is 3.96. The molecule has 1 saturated heterocycles. The number of nitrogens with zero attached hydrogens (tertiary/aromatic N) is 1. The average molecular weight is 484 g/mol. The highest BCUT2D eigenvalue weighted by atomic mass is 16.5. The van der Waals surface area contributed by atoms with Gasteiger partial charge in [-0.05, 0) is 40.0 Å². The summed E-state index contributed by atoms with van der Waals surface area (Å²) in [5.74, 6) is -2.33. The van der Waals surface area contributed by atoms with Crippen molar-refractivity contribution in [2.24, 2.45) is 5.92 Å². The molecule has 1 heterocycles. The summed E-state index contributed by atoms with van der Waals surface area (Å²) in [5.41, 5.74) is -1.15. The summed E-state index contributed by atoms with van der Waals surface area (Å²) in [6.45, 7) is 7.80. The van der Waals surface area contributed by atoms with Crippen LogP contribution in [0.2, 0.25) is 0 Å². The summed E-state index contributed by atoms with van der Waals surface area (Å²) in [4.78, 5) is 51.3. The van der Waals surface area contributed by atoms with E-state index in [-0.39, 0.29) is 37.2 Å². The Balaban J connectivity index is 2.69. The lowest BCUT2D eigenvalue weighted by Gasteiger charge is -2.29. The maximum Gasteiger partial charge on any atom is 0.318 e. The van der Waals surface area contributed by atoms with Crippen molar-refractivity contribution in [2.45, 2.75) is 116 Å². The molecule has 1 aliphatic heterocycles. The summed E-state index contributed by atoms with van der Waals surface area (Å²) in [7, 11) is 0. The van der Waals surface area contributed by atoms with Crippen molar-refractivity contribution in [3.63, 3.8) is 0 Å². The van der Waals surface area contributed by atoms with Gasteiger partial charge in [-0.2, -0.15) is 0 Å². The Morgan fingerprint density at radius 1 is 0.971 bits per heavy atom. The molecule has 0 aromatic carbocycles. The van der Waals surface area contributed by atoms with E-state index >= 15 is 0 Å². The van der Waals surface area contributed by atoms with Gasteiger partial charge in [0.2, 0.25) is 5.91 Å². The third-order valence-corrected chi connectivity index (χ3v) is 6.33. The lowest BCUT2D eigenvalue weighted by atomic mass is 9.93. The van der Waals surface area contributed by atoms with Crippen molar-refractivity contribution in [2.75, 3.05) is 19.8 Å². The lowest BCUT2D eigenvalue weighted by molar-refractivity contribution is -0.150. The second kappa shape index (κ2) is 15.8. The first-order valence-electron chi connectivity index (χ1n) is 13.0. The standard InChI is InChI=1S/C26H45NO7/c1-5-8-9-14-17-26(4,32)18-22(28)27-19-20(25(31)34-7-3)24(30)21(27)15-12-10-11-13-16-23(29)33-6-2/h20-21,32H,5-19H2,1-4H3. The van der Waals surface area contributed by atoms with Crippen molar-refractivity contribution in [3.8, 4) is 0 Å². The molecule has 0 spiro atoms. The van der Waals surface area contributed by atoms with E-state index in [0.29, 0.717) is 38.7 Å². The number of likely N-dealkylation sites (tertiary alicyclic amines) is 1. The van der Waals surface area contributed by atoms with Crippen molar-refractivity contribution < 1.29 is 33.8 Å². The third kappa shape index (κ3) is 10.5. The number of aliphatic hydroxyl groups is 1. The molecule has 1 fully saturated rings. The first-order valence-corrected chi connectivity index (χ1v) is 13.0. The number of carbonyl (C=O) groups is 4. The predicted molar refractivity (Wildman–Crippen MR) is 129 cm³/mol. The monoisotopic (exact) mass is 483 g/mol. The largest absolute Gasteiger partial charge is 0.466 e. The minimum absolute atomic E-state index is 0.00986. The summed E-state index contributed by atoms with van der Waals surface area (Å²) in [5, 5.41) is 10.8. The summed E-state index contributed by atoms with van der Waals surface area (Å²) >= 11 is 0. The molecule has 8 heteroatoms. The number of Topliss-reactive ketones (excluding diaryl/α,β-unsaturated/α-hetero) is 1. The number of rotatable bonds is 17. The molecular weight excluding hydrogens is 438 g/mol. The molecule has 8 nitrogen and oxygen atoms in total. The minimum Gasteiger partial charge on any atom is -0.466 e. The summed E-state index contributed by atoms with van der Waals surface area (Å²) in [6, 6.07) is -0.678. The van der Waals surface area contributed by atoms with Crippen LogP contribution in [0.4, 0.5) is 0 Å². The van der Waals surface area contributed by atoms with Crippen LogP contribution in [0.25, 0.3) is 0 Å². The van der Waals surface area contributed by atoms with Gasteiger partial charge in [0, 0.05) is 13.0 Å². The van der Waals surface area contributed by atoms with Crippen LogP contribution in [0.3, 0.4) is 0 Å². The number of unbranched alkanes of at least 4 members (excludes halogenated alkanes) is 6. The minimum atomic E-state index is -1.15. The van der Waals surface area contributed by atoms with Gasteiger partial charge in [0.05, 0.1) is 31.3 Å². The molecule has 0 aliphatic carbocycles. The van der Waals surface area contributed by atoms with Crippen molar-refractivity contribution >= 4 is 23.6 Å². The van der Waals surface area contributed by atoms with Crippen LogP contribution < -0.4 is 0 Å². The van der Waals surface area contributed by atoms with Crippen molar-refractivity contribution in [1.82, 2.24) is 4.90 Å². The van der Waals surface area contributed by atoms with Crippen LogP contribution in [-0.4, -0.2) is 65.0 Å². The molecular formula is C26H45NO7. The van der Waals surface area contributed by atoms with E-state index in [1.54, 1.807) is 20.8 Å². The Morgan fingerprint density at radius 2 is 1.62 bits per heavy atom. The van der Waals surface area contributed by atoms with Crippen LogP contribution >= 0.6 is 0 Å². The van der Waals surface area contributed by atoms with Crippen LogP contribution in [-0.2, 0) is 28.7 Å². The Morgan fingerprint density at radius 3 is 2.26 bits per heavy atom. The van der Waals surface area contributed by atoms with Crippen LogP contribution in [0.1, 0.15) is 105 Å². The Hall–Kier alpha value is -1.96. The zero-order valence-corrected chi connectivity index (χ0v) is 21.6. The number of hydrogen-bond acceptors (Lipinski definition) is 7. The Bertz CT molecular complexity index is 662. The van der Waals surface area contributed by atoms with E-state index in [1.165, 1.54) is 4.90 Å². The van der Waals surface area contributed by atoms with E-state index in [1.807, 2.05) is 0 Å². The third-order valence-electron chi connectivity index (χ3n) is 6.33. The molecule has 1 amide bonds. The van der Waals surface area contributed by atoms with Crippen LogP contribution in [0.5, 0.6) is 0 Å². The maximum atomic E-state index is 13.1. The van der Waals surface area contributed by atoms with Gasteiger partial charge in [0.15, 0.2) is 5.78 Å². The number of carbonyl (C=O) groups excluding carboxylic acids is 4. The fourth-order valence-corrected chi connectivity index (χ4v) is 4.45. The fraction of sp³-hybridized carbons (Fsp3) is 0.846. The Kier molecular flexibility index (Phi) is 14.0. The first-order chi connectivity index (χ1) is 16.2. The SMILES string of the molecule is CCCCCCC(C)(O)CC(=O)N1CC(C(=O)OCC)C(=O)C1CCCCCCC(=O)OCC. The summed E-state index contributed by atoms with van der Waals surface area (Å²) in [6.07, 6.45) is 8.36. The zero-order chi connectivity index (χ0) is 25.6. The fourth-order valence-electron chi connectivity index (χ4n) is 4.45. The molecule has 0 radical (unpaired) electrons. The molecule has 1 rings (SSSR count). The smallest absolute Gasteiger partial charge is 0.318 e. The molecule has 3 unspecified atom stereocenters. The van der Waals surface area contributed by atoms with Crippen LogP contribution in [0, 0.1) is 5.92 Å². The van der Waals surface area contributed by atoms with E-state index in [9.17, 15) is 24.3 Å². The number of esters is 2. The maximum absolute atomic E-state index is 13.1. The van der Waals surface area contributed by atoms with Gasteiger partial charge in [0.1, 0.15) is 5.92 Å². The van der Waals surface area contributed by atoms with Gasteiger partial charge < -0.3 is 19.5 Å². The molecule has 0 aromatic rings. The molecule has 34 heavy (non-hydrogen) atoms. The first kappa shape index (κ1) is 30.1. The number of ether oxygens (including phenoxy) is 2. The zero-order valence-electron chi connectivity index (χ0n) is 21.6. The lowest BCUT2D eigenvalue weighted by Crippen LogP contribution is -2.42. The normalized spacial score (nSPS) is 19.7. The quantitative estimate of drug-likeness (QED) is 0.189. The van der Waals surface area contributed by atoms with Gasteiger partial charge >= 0.3 is 11.9 Å². The summed E-state index contributed by atoms with van der Waals surface area (Å²) < 4.78 is 9.98. The van der Waals surface area contributed by atoms with Gasteiger partial charge in [-0.3, -0.25) is 19.2 Å². The molecule has 0 saturated carbocycles. The molecule has 196 valence electrons. The van der Waals surface area contributed by atoms with E-state index in [4.69, 9.17) is 9.47 Å². The topological polar surface area (TPSA) is 110 Å². The number of amides is 1. The second-order valence-electron chi connectivity index (χ2n) is 9.51. The molecule has 1 N–H and O–H groups in total. The van der Waals surface area contributed by atoms with Gasteiger partial charge in [0.25, 0.3) is 0 Å². The van der Waals surface area contributed by atoms with Crippen molar-refractivity contribution in [3.05, 3.63) is 0 Å². The molecule has 1 aliphatic rings. The second-order valence-corrected chi connectivity index (χ2v) is 9.51. The highest BCUT2D eigenvalue weighted by molar-refractivity contribution is 6.06. The molecule has 0 aromatic heterocycles. The Labute approximate surface area is 204 Å². The number of hydrogen-bond donors (Lipinski definition) is 1. The van der Waals surface area contributed by atoms with E-state index in [0.717, 1.165) is 38.5 Å². The average Bonchev–Trinajstić information content (AvgIpc) is 3.10. The van der Waals surface area contributed by atoms with Gasteiger partial charge in [-0.25, -0.2) is 0 Å². The van der Waals surface area contributed by atoms with Gasteiger partial charge in [-0.15, -0.1) is 0 Å². The van der Waals surface area contributed by atoms with Gasteiger partial charge in [-0.1, -0.05) is 51.9 Å². The van der Waals surface area contributed by atoms with Crippen molar-refractivity contribution in [1.29, 1.82) is 0 Å². The van der Waals surface area contributed by atoms with E-state index in [2.05, 4.69) is 6.92 Å². The van der Waals surface area contributed by atoms with Crippen LogP contribution in [0.15, 0.2) is 0 Å². The highest BCUT2D eigenvalue weighted by Gasteiger charge is 2.47. The molecule has 3 atom stereocenters. The number of ketones is 1. The van der Waals surface area contributed by atoms with E-state index < -0.39 is 23.5 Å². The highest BCUT2D eigenvalue weighted by Crippen LogP contribution is 2.29.